The molecule has 0 aromatic heterocycles. The molecule has 0 radical (unpaired) electrons. The molecule has 2 atom stereocenters. The summed E-state index contributed by atoms with van der Waals surface area (Å²) in [5.74, 6) is -0.401. The number of piperazine rings is 1. The highest BCUT2D eigenvalue weighted by Gasteiger charge is 2.34. The number of hydrogen-bond acceptors (Lipinski definition) is 2. The van der Waals surface area contributed by atoms with Gasteiger partial charge in [0.1, 0.15) is 5.82 Å². The van der Waals surface area contributed by atoms with Crippen LogP contribution in [0.3, 0.4) is 0 Å². The van der Waals surface area contributed by atoms with Gasteiger partial charge in [-0.2, -0.15) is 13.2 Å². The lowest BCUT2D eigenvalue weighted by Gasteiger charge is -2.43. The molecule has 2 unspecified atom stereocenters. The second-order valence-electron chi connectivity index (χ2n) is 5.94. The number of hydrogen-bond donors (Lipinski definition) is 1. The standard InChI is InChI=1S/C15H20F4N2/c1-9(2)14-7-20-10(3)8-21(14)13-6-11(15(17,18)19)4-5-12(13)16/h4-6,9-10,14,20H,7-8H2,1-3H3. The van der Waals surface area contributed by atoms with Gasteiger partial charge in [0.2, 0.25) is 0 Å². The molecule has 1 aliphatic rings. The number of alkyl halides is 3. The van der Waals surface area contributed by atoms with Crippen LogP contribution in [0.2, 0.25) is 0 Å². The third-order valence-electron chi connectivity index (χ3n) is 3.90. The molecule has 21 heavy (non-hydrogen) atoms. The Morgan fingerprint density at radius 3 is 2.52 bits per heavy atom. The molecule has 118 valence electrons. The van der Waals surface area contributed by atoms with Gasteiger partial charge >= 0.3 is 6.18 Å². The van der Waals surface area contributed by atoms with Gasteiger partial charge in [-0.1, -0.05) is 13.8 Å². The molecule has 1 heterocycles. The minimum absolute atomic E-state index is 0.0285. The van der Waals surface area contributed by atoms with E-state index in [0.717, 1.165) is 18.2 Å². The normalized spacial score (nSPS) is 23.7. The van der Waals surface area contributed by atoms with Gasteiger partial charge in [-0.15, -0.1) is 0 Å². The number of benzene rings is 1. The Morgan fingerprint density at radius 2 is 1.95 bits per heavy atom. The molecule has 0 saturated carbocycles. The largest absolute Gasteiger partial charge is 0.416 e. The van der Waals surface area contributed by atoms with Crippen LogP contribution in [0, 0.1) is 11.7 Å². The summed E-state index contributed by atoms with van der Waals surface area (Å²) in [6.07, 6.45) is -4.46. The van der Waals surface area contributed by atoms with E-state index in [2.05, 4.69) is 5.32 Å². The van der Waals surface area contributed by atoms with Gasteiger partial charge in [-0.05, 0) is 31.0 Å². The maximum atomic E-state index is 14.1. The van der Waals surface area contributed by atoms with Crippen LogP contribution in [0.25, 0.3) is 0 Å². The summed E-state index contributed by atoms with van der Waals surface area (Å²) in [6.45, 7) is 7.03. The van der Waals surface area contributed by atoms with Crippen molar-refractivity contribution in [2.75, 3.05) is 18.0 Å². The lowest BCUT2D eigenvalue weighted by atomic mass is 9.97. The van der Waals surface area contributed by atoms with Gasteiger partial charge in [0.15, 0.2) is 0 Å². The zero-order chi connectivity index (χ0) is 15.8. The first-order valence-corrected chi connectivity index (χ1v) is 7.07. The molecule has 1 N–H and O–H groups in total. The molecule has 1 aliphatic heterocycles. The second-order valence-corrected chi connectivity index (χ2v) is 5.94. The zero-order valence-electron chi connectivity index (χ0n) is 12.3. The van der Waals surface area contributed by atoms with Gasteiger partial charge in [0.05, 0.1) is 11.3 Å². The first-order valence-electron chi connectivity index (χ1n) is 7.07. The molecule has 2 nitrogen and oxygen atoms in total. The number of nitrogens with one attached hydrogen (secondary N) is 1. The summed E-state index contributed by atoms with van der Waals surface area (Å²) >= 11 is 0. The predicted octanol–water partition coefficient (Wildman–Crippen LogP) is 3.67. The molecule has 0 aliphatic carbocycles. The van der Waals surface area contributed by atoms with Crippen LogP contribution in [0.4, 0.5) is 23.2 Å². The number of rotatable bonds is 2. The fourth-order valence-electron chi connectivity index (χ4n) is 2.71. The highest BCUT2D eigenvalue weighted by Crippen LogP contribution is 2.34. The van der Waals surface area contributed by atoms with Gasteiger partial charge in [-0.25, -0.2) is 4.39 Å². The molecule has 6 heteroatoms. The third-order valence-corrected chi connectivity index (χ3v) is 3.90. The van der Waals surface area contributed by atoms with E-state index in [0.29, 0.717) is 13.1 Å². The first kappa shape index (κ1) is 16.1. The van der Waals surface area contributed by atoms with Crippen molar-refractivity contribution in [1.82, 2.24) is 5.32 Å². The van der Waals surface area contributed by atoms with Crippen LogP contribution in [-0.4, -0.2) is 25.2 Å². The molecular weight excluding hydrogens is 284 g/mol. The average molecular weight is 304 g/mol. The first-order chi connectivity index (χ1) is 9.70. The maximum absolute atomic E-state index is 14.1. The minimum atomic E-state index is -4.46. The Hall–Kier alpha value is -1.30. The van der Waals surface area contributed by atoms with E-state index >= 15 is 0 Å². The monoisotopic (exact) mass is 304 g/mol. The van der Waals surface area contributed by atoms with Gasteiger partial charge in [-0.3, -0.25) is 0 Å². The summed E-state index contributed by atoms with van der Waals surface area (Å²) in [5.41, 5.74) is -0.774. The van der Waals surface area contributed by atoms with Crippen molar-refractivity contribution in [2.45, 2.75) is 39.0 Å². The van der Waals surface area contributed by atoms with Crippen LogP contribution in [0.5, 0.6) is 0 Å². The molecule has 1 saturated heterocycles. The summed E-state index contributed by atoms with van der Waals surface area (Å²) in [6, 6.07) is 2.69. The third kappa shape index (κ3) is 3.48. The van der Waals surface area contributed by atoms with Crippen molar-refractivity contribution >= 4 is 5.69 Å². The van der Waals surface area contributed by atoms with E-state index in [1.807, 2.05) is 20.8 Å². The number of anilines is 1. The summed E-state index contributed by atoms with van der Waals surface area (Å²) < 4.78 is 52.6. The summed E-state index contributed by atoms with van der Waals surface area (Å²) in [7, 11) is 0. The summed E-state index contributed by atoms with van der Waals surface area (Å²) in [4.78, 5) is 1.76. The SMILES string of the molecule is CC1CN(c2cc(C(F)(F)F)ccc2F)C(C(C)C)CN1. The van der Waals surface area contributed by atoms with Gasteiger partial charge < -0.3 is 10.2 Å². The lowest BCUT2D eigenvalue weighted by molar-refractivity contribution is -0.137. The van der Waals surface area contributed by atoms with E-state index in [9.17, 15) is 17.6 Å². The quantitative estimate of drug-likeness (QED) is 0.839. The molecule has 2 rings (SSSR count). The predicted molar refractivity (Wildman–Crippen MR) is 74.8 cm³/mol. The molecular formula is C15H20F4N2. The average Bonchev–Trinajstić information content (AvgIpc) is 2.37. The van der Waals surface area contributed by atoms with Crippen molar-refractivity contribution in [3.8, 4) is 0 Å². The van der Waals surface area contributed by atoms with E-state index in [1.54, 1.807) is 4.90 Å². The van der Waals surface area contributed by atoms with Crippen molar-refractivity contribution in [2.24, 2.45) is 5.92 Å². The van der Waals surface area contributed by atoms with Crippen LogP contribution in [-0.2, 0) is 6.18 Å². The summed E-state index contributed by atoms with van der Waals surface area (Å²) in [5, 5.41) is 3.29. The van der Waals surface area contributed by atoms with Gasteiger partial charge in [0, 0.05) is 25.2 Å². The van der Waals surface area contributed by atoms with E-state index in [4.69, 9.17) is 0 Å². The molecule has 0 bridgehead atoms. The zero-order valence-corrected chi connectivity index (χ0v) is 12.3. The number of halogens is 4. The number of nitrogens with zero attached hydrogens (tertiary/aromatic N) is 1. The Balaban J connectivity index is 2.42. The van der Waals surface area contributed by atoms with E-state index in [-0.39, 0.29) is 23.7 Å². The van der Waals surface area contributed by atoms with Crippen molar-refractivity contribution in [3.63, 3.8) is 0 Å². The smallest absolute Gasteiger partial charge is 0.363 e. The van der Waals surface area contributed by atoms with Crippen LogP contribution < -0.4 is 10.2 Å². The van der Waals surface area contributed by atoms with Crippen LogP contribution in [0.15, 0.2) is 18.2 Å². The fourth-order valence-corrected chi connectivity index (χ4v) is 2.71. The van der Waals surface area contributed by atoms with Crippen molar-refractivity contribution in [1.29, 1.82) is 0 Å². The van der Waals surface area contributed by atoms with Crippen LogP contribution >= 0.6 is 0 Å². The highest BCUT2D eigenvalue weighted by molar-refractivity contribution is 5.52. The lowest BCUT2D eigenvalue weighted by Crippen LogP contribution is -2.57. The van der Waals surface area contributed by atoms with Crippen LogP contribution in [0.1, 0.15) is 26.3 Å². The van der Waals surface area contributed by atoms with Crippen molar-refractivity contribution in [3.05, 3.63) is 29.6 Å². The Kier molecular flexibility index (Phi) is 4.46. The Bertz CT molecular complexity index is 499. The van der Waals surface area contributed by atoms with Crippen molar-refractivity contribution < 1.29 is 17.6 Å². The topological polar surface area (TPSA) is 15.3 Å². The van der Waals surface area contributed by atoms with Gasteiger partial charge in [0.25, 0.3) is 0 Å². The Labute approximate surface area is 122 Å². The Morgan fingerprint density at radius 1 is 1.29 bits per heavy atom. The molecule has 1 fully saturated rings. The maximum Gasteiger partial charge on any atom is 0.416 e. The van der Waals surface area contributed by atoms with E-state index in [1.165, 1.54) is 0 Å². The molecule has 0 amide bonds. The molecule has 1 aromatic carbocycles. The minimum Gasteiger partial charge on any atom is -0.363 e. The second kappa shape index (κ2) is 5.83. The molecule has 0 spiro atoms. The fraction of sp³-hybridized carbons (Fsp3) is 0.600. The highest BCUT2D eigenvalue weighted by atomic mass is 19.4. The van der Waals surface area contributed by atoms with E-state index < -0.39 is 17.6 Å². The molecule has 1 aromatic rings.